The van der Waals surface area contributed by atoms with Crippen LogP contribution in [0.1, 0.15) is 5.56 Å². The fraction of sp³-hybridized carbons (Fsp3) is 0.238. The Labute approximate surface area is 177 Å². The summed E-state index contributed by atoms with van der Waals surface area (Å²) in [7, 11) is 1.27. The monoisotopic (exact) mass is 427 g/mol. The third-order valence-electron chi connectivity index (χ3n) is 4.63. The molecular weight excluding hydrogens is 406 g/mol. The summed E-state index contributed by atoms with van der Waals surface area (Å²) in [5.41, 5.74) is 0.235. The molecule has 0 saturated carbocycles. The van der Waals surface area contributed by atoms with E-state index >= 15 is 0 Å². The molecule has 2 amide bonds. The number of thioether (sulfide) groups is 1. The number of nitrogens with zero attached hydrogens (tertiary/aromatic N) is 2. The highest BCUT2D eigenvalue weighted by Crippen LogP contribution is 2.24. The van der Waals surface area contributed by atoms with Gasteiger partial charge in [-0.25, -0.2) is 4.79 Å². The standard InChI is InChI=1S/C21H21N3O5S/c1-29-21(27)17(13-30-15-10-6-3-7-11-15)24-12-16(20(24)26)22-19(25)18(23-28)14-8-4-2-5-9-14/h2-11,16-17,28H,12-13H2,1H3,(H,22,25). The fourth-order valence-corrected chi connectivity index (χ4v) is 4.03. The first kappa shape index (κ1) is 21.4. The maximum Gasteiger partial charge on any atom is 0.329 e. The van der Waals surface area contributed by atoms with Crippen molar-refractivity contribution in [1.29, 1.82) is 0 Å². The van der Waals surface area contributed by atoms with Crippen LogP contribution in [0, 0.1) is 0 Å². The number of rotatable bonds is 8. The predicted octanol–water partition coefficient (Wildman–Crippen LogP) is 1.53. The summed E-state index contributed by atoms with van der Waals surface area (Å²) in [4.78, 5) is 39.6. The van der Waals surface area contributed by atoms with Crippen LogP contribution >= 0.6 is 11.8 Å². The number of ether oxygens (including phenoxy) is 1. The molecule has 2 aromatic carbocycles. The Kier molecular flexibility index (Phi) is 7.08. The van der Waals surface area contributed by atoms with E-state index in [1.807, 2.05) is 30.3 Å². The molecule has 0 radical (unpaired) electrons. The van der Waals surface area contributed by atoms with Crippen LogP contribution < -0.4 is 5.32 Å². The molecule has 0 aliphatic carbocycles. The van der Waals surface area contributed by atoms with Gasteiger partial charge in [-0.05, 0) is 12.1 Å². The minimum atomic E-state index is -0.799. The average Bonchev–Trinajstić information content (AvgIpc) is 2.79. The molecule has 0 aromatic heterocycles. The van der Waals surface area contributed by atoms with Crippen molar-refractivity contribution in [2.75, 3.05) is 19.4 Å². The van der Waals surface area contributed by atoms with Crippen LogP contribution in [0.5, 0.6) is 0 Å². The number of benzene rings is 2. The summed E-state index contributed by atoms with van der Waals surface area (Å²) in [5.74, 6) is -1.25. The van der Waals surface area contributed by atoms with Crippen LogP contribution in [0.3, 0.4) is 0 Å². The summed E-state index contributed by atoms with van der Waals surface area (Å²) >= 11 is 1.44. The number of amides is 2. The first-order chi connectivity index (χ1) is 14.5. The number of carbonyl (C=O) groups excluding carboxylic acids is 3. The lowest BCUT2D eigenvalue weighted by Gasteiger charge is -2.42. The number of carbonyl (C=O) groups is 3. The van der Waals surface area contributed by atoms with Crippen LogP contribution in [-0.2, 0) is 19.1 Å². The second-order valence-electron chi connectivity index (χ2n) is 6.49. The number of likely N-dealkylation sites (tertiary alicyclic amines) is 1. The number of oxime groups is 1. The minimum absolute atomic E-state index is 0.160. The van der Waals surface area contributed by atoms with Crippen LogP contribution in [-0.4, -0.2) is 65.1 Å². The van der Waals surface area contributed by atoms with Gasteiger partial charge in [-0.1, -0.05) is 53.7 Å². The summed E-state index contributed by atoms with van der Waals surface area (Å²) in [6.45, 7) is 0.160. The highest BCUT2D eigenvalue weighted by atomic mass is 32.2. The Morgan fingerprint density at radius 2 is 1.83 bits per heavy atom. The third kappa shape index (κ3) is 4.80. The van der Waals surface area contributed by atoms with E-state index in [0.29, 0.717) is 11.3 Å². The van der Waals surface area contributed by atoms with Gasteiger partial charge in [-0.15, -0.1) is 11.8 Å². The summed E-state index contributed by atoms with van der Waals surface area (Å²) < 4.78 is 4.85. The first-order valence-electron chi connectivity index (χ1n) is 9.19. The van der Waals surface area contributed by atoms with E-state index in [9.17, 15) is 19.6 Å². The Balaban J connectivity index is 1.61. The molecule has 2 N–H and O–H groups in total. The number of esters is 1. The molecule has 30 heavy (non-hydrogen) atoms. The molecule has 9 heteroatoms. The van der Waals surface area contributed by atoms with Crippen molar-refractivity contribution in [1.82, 2.24) is 10.2 Å². The van der Waals surface area contributed by atoms with Gasteiger partial charge in [0.15, 0.2) is 5.71 Å². The van der Waals surface area contributed by atoms with Crippen LogP contribution in [0.2, 0.25) is 0 Å². The lowest BCUT2D eigenvalue weighted by Crippen LogP contribution is -2.68. The molecule has 2 unspecified atom stereocenters. The van der Waals surface area contributed by atoms with Gasteiger partial charge in [0.2, 0.25) is 5.91 Å². The van der Waals surface area contributed by atoms with E-state index in [-0.39, 0.29) is 12.3 Å². The van der Waals surface area contributed by atoms with Crippen molar-refractivity contribution in [3.05, 3.63) is 66.2 Å². The third-order valence-corrected chi connectivity index (χ3v) is 5.72. The van der Waals surface area contributed by atoms with Crippen molar-refractivity contribution in [2.45, 2.75) is 17.0 Å². The highest BCUT2D eigenvalue weighted by molar-refractivity contribution is 7.99. The van der Waals surface area contributed by atoms with E-state index in [2.05, 4.69) is 10.5 Å². The summed E-state index contributed by atoms with van der Waals surface area (Å²) in [5, 5.41) is 14.8. The van der Waals surface area contributed by atoms with Gasteiger partial charge < -0.3 is 20.2 Å². The molecule has 2 aromatic rings. The molecule has 1 aliphatic rings. The fourth-order valence-electron chi connectivity index (χ4n) is 3.01. The zero-order chi connectivity index (χ0) is 21.5. The van der Waals surface area contributed by atoms with Crippen LogP contribution in [0.25, 0.3) is 0 Å². The largest absolute Gasteiger partial charge is 0.467 e. The second-order valence-corrected chi connectivity index (χ2v) is 7.59. The Morgan fingerprint density at radius 1 is 1.20 bits per heavy atom. The maximum atomic E-state index is 12.6. The molecular formula is C21H21N3O5S. The normalized spacial score (nSPS) is 17.1. The lowest BCUT2D eigenvalue weighted by atomic mass is 10.0. The van der Waals surface area contributed by atoms with Gasteiger partial charge in [-0.3, -0.25) is 9.59 Å². The van der Waals surface area contributed by atoms with E-state index < -0.39 is 29.9 Å². The second kappa shape index (κ2) is 9.93. The van der Waals surface area contributed by atoms with Crippen molar-refractivity contribution in [3.8, 4) is 0 Å². The molecule has 0 bridgehead atoms. The zero-order valence-corrected chi connectivity index (χ0v) is 17.0. The number of hydrogen-bond donors (Lipinski definition) is 2. The van der Waals surface area contributed by atoms with Crippen LogP contribution in [0.4, 0.5) is 0 Å². The van der Waals surface area contributed by atoms with Gasteiger partial charge in [0.1, 0.15) is 12.1 Å². The molecule has 1 aliphatic heterocycles. The molecule has 1 saturated heterocycles. The Hall–Kier alpha value is -3.33. The summed E-state index contributed by atoms with van der Waals surface area (Å²) in [6.07, 6.45) is 0. The van der Waals surface area contributed by atoms with Crippen molar-refractivity contribution in [2.24, 2.45) is 5.16 Å². The van der Waals surface area contributed by atoms with E-state index in [1.165, 1.54) is 23.8 Å². The highest BCUT2D eigenvalue weighted by Gasteiger charge is 2.45. The zero-order valence-electron chi connectivity index (χ0n) is 16.2. The van der Waals surface area contributed by atoms with Gasteiger partial charge in [0, 0.05) is 16.2 Å². The number of nitrogens with one attached hydrogen (secondary N) is 1. The van der Waals surface area contributed by atoms with E-state index in [4.69, 9.17) is 4.74 Å². The molecule has 3 rings (SSSR count). The van der Waals surface area contributed by atoms with Crippen molar-refractivity contribution < 1.29 is 24.3 Å². The van der Waals surface area contributed by atoms with Gasteiger partial charge >= 0.3 is 5.97 Å². The SMILES string of the molecule is COC(=O)C(CSc1ccccc1)N1CC(NC(=O)C(=NO)c2ccccc2)C1=O. The first-order valence-corrected chi connectivity index (χ1v) is 10.2. The topological polar surface area (TPSA) is 108 Å². The molecule has 1 heterocycles. The number of β-lactam (4-membered cyclic amide) rings is 1. The van der Waals surface area contributed by atoms with Gasteiger partial charge in [-0.2, -0.15) is 0 Å². The maximum absolute atomic E-state index is 12.6. The minimum Gasteiger partial charge on any atom is -0.467 e. The quantitative estimate of drug-likeness (QED) is 0.165. The number of methoxy groups -OCH3 is 1. The molecule has 156 valence electrons. The van der Waals surface area contributed by atoms with Crippen molar-refractivity contribution >= 4 is 35.3 Å². The van der Waals surface area contributed by atoms with Crippen molar-refractivity contribution in [3.63, 3.8) is 0 Å². The van der Waals surface area contributed by atoms with E-state index in [0.717, 1.165) is 4.90 Å². The summed E-state index contributed by atoms with van der Waals surface area (Å²) in [6, 6.07) is 16.4. The smallest absolute Gasteiger partial charge is 0.329 e. The van der Waals surface area contributed by atoms with E-state index in [1.54, 1.807) is 30.3 Å². The molecule has 8 nitrogen and oxygen atoms in total. The molecule has 2 atom stereocenters. The van der Waals surface area contributed by atoms with Gasteiger partial charge in [0.25, 0.3) is 5.91 Å². The molecule has 0 spiro atoms. The van der Waals surface area contributed by atoms with Gasteiger partial charge in [0.05, 0.1) is 13.7 Å². The lowest BCUT2D eigenvalue weighted by molar-refractivity contribution is -0.160. The van der Waals surface area contributed by atoms with Crippen LogP contribution in [0.15, 0.2) is 70.7 Å². The average molecular weight is 427 g/mol. The Bertz CT molecular complexity index is 936. The predicted molar refractivity (Wildman–Crippen MR) is 111 cm³/mol. The molecule has 1 fully saturated rings. The number of hydrogen-bond acceptors (Lipinski definition) is 7. The Morgan fingerprint density at radius 3 is 2.40 bits per heavy atom.